The van der Waals surface area contributed by atoms with Crippen molar-refractivity contribution in [1.82, 2.24) is 0 Å². The average Bonchev–Trinajstić information content (AvgIpc) is 2.53. The van der Waals surface area contributed by atoms with Crippen LogP contribution in [-0.4, -0.2) is 5.11 Å². The van der Waals surface area contributed by atoms with Crippen LogP contribution in [0.2, 0.25) is 5.02 Å². The molecule has 1 heterocycles. The molecule has 1 aromatic carbocycles. The molecule has 2 rings (SSSR count). The molecule has 0 bridgehead atoms. The first-order valence-corrected chi connectivity index (χ1v) is 4.41. The van der Waals surface area contributed by atoms with Crippen LogP contribution in [0.1, 0.15) is 18.6 Å². The fourth-order valence-corrected chi connectivity index (χ4v) is 1.62. The van der Waals surface area contributed by atoms with Crippen molar-refractivity contribution in [1.29, 1.82) is 0 Å². The second kappa shape index (κ2) is 3.05. The summed E-state index contributed by atoms with van der Waals surface area (Å²) < 4.78 is 5.20. The maximum absolute atomic E-state index is 9.45. The number of aliphatic hydroxyl groups is 1. The van der Waals surface area contributed by atoms with Crippen molar-refractivity contribution in [2.75, 3.05) is 0 Å². The molecule has 0 unspecified atom stereocenters. The summed E-state index contributed by atoms with van der Waals surface area (Å²) in [7, 11) is 0. The fraction of sp³-hybridized carbons (Fsp3) is 0.200. The second-order valence-corrected chi connectivity index (χ2v) is 3.38. The van der Waals surface area contributed by atoms with Crippen molar-refractivity contribution in [3.8, 4) is 0 Å². The molecule has 1 aromatic heterocycles. The number of furan rings is 1. The van der Waals surface area contributed by atoms with E-state index in [0.717, 1.165) is 10.9 Å². The molecule has 2 nitrogen and oxygen atoms in total. The summed E-state index contributed by atoms with van der Waals surface area (Å²) in [5, 5.41) is 10.9. The van der Waals surface area contributed by atoms with Gasteiger partial charge in [-0.05, 0) is 24.6 Å². The molecule has 0 aliphatic carbocycles. The highest BCUT2D eigenvalue weighted by atomic mass is 35.5. The van der Waals surface area contributed by atoms with Crippen LogP contribution in [0.25, 0.3) is 11.0 Å². The Morgan fingerprint density at radius 3 is 2.85 bits per heavy atom. The van der Waals surface area contributed by atoms with Crippen molar-refractivity contribution < 1.29 is 9.52 Å². The Labute approximate surface area is 80.7 Å². The first-order chi connectivity index (χ1) is 6.20. The highest BCUT2D eigenvalue weighted by Gasteiger charge is 2.10. The molecule has 0 aliphatic rings. The van der Waals surface area contributed by atoms with Gasteiger partial charge in [0.1, 0.15) is 0 Å². The van der Waals surface area contributed by atoms with Crippen LogP contribution in [0.4, 0.5) is 0 Å². The Kier molecular flexibility index (Phi) is 2.02. The van der Waals surface area contributed by atoms with Crippen LogP contribution in [0.5, 0.6) is 0 Å². The molecule has 0 radical (unpaired) electrons. The first kappa shape index (κ1) is 8.60. The number of rotatable bonds is 1. The van der Waals surface area contributed by atoms with Gasteiger partial charge in [-0.2, -0.15) is 0 Å². The molecule has 3 heteroatoms. The summed E-state index contributed by atoms with van der Waals surface area (Å²) in [4.78, 5) is 0. The van der Waals surface area contributed by atoms with Crippen LogP contribution < -0.4 is 0 Å². The number of halogens is 1. The Hall–Kier alpha value is -0.990. The summed E-state index contributed by atoms with van der Waals surface area (Å²) >= 11 is 5.90. The minimum absolute atomic E-state index is 0.502. The monoisotopic (exact) mass is 196 g/mol. The maximum atomic E-state index is 9.45. The SMILES string of the molecule is C[C@@H](O)c1ccc(Cl)c2occc12. The third-order valence-electron chi connectivity index (χ3n) is 2.05. The fourth-order valence-electron chi connectivity index (χ4n) is 1.41. The van der Waals surface area contributed by atoms with Gasteiger partial charge in [-0.25, -0.2) is 0 Å². The predicted octanol–water partition coefficient (Wildman–Crippen LogP) is 3.14. The van der Waals surface area contributed by atoms with Gasteiger partial charge < -0.3 is 9.52 Å². The number of fused-ring (bicyclic) bond motifs is 1. The van der Waals surface area contributed by atoms with E-state index in [2.05, 4.69) is 0 Å². The van der Waals surface area contributed by atoms with Gasteiger partial charge in [0.2, 0.25) is 0 Å². The first-order valence-electron chi connectivity index (χ1n) is 4.04. The number of hydrogen-bond donors (Lipinski definition) is 1. The third kappa shape index (κ3) is 1.32. The van der Waals surface area contributed by atoms with Crippen LogP contribution in [0, 0.1) is 0 Å². The number of benzene rings is 1. The van der Waals surface area contributed by atoms with Gasteiger partial charge in [0.05, 0.1) is 17.4 Å². The van der Waals surface area contributed by atoms with E-state index >= 15 is 0 Å². The number of aliphatic hydroxyl groups excluding tert-OH is 1. The lowest BCUT2D eigenvalue weighted by molar-refractivity contribution is 0.201. The van der Waals surface area contributed by atoms with Gasteiger partial charge in [-0.1, -0.05) is 17.7 Å². The Balaban J connectivity index is 2.78. The molecule has 2 aromatic rings. The summed E-state index contributed by atoms with van der Waals surface area (Å²) in [5.74, 6) is 0. The summed E-state index contributed by atoms with van der Waals surface area (Å²) in [5.41, 5.74) is 1.48. The molecule has 0 amide bonds. The third-order valence-corrected chi connectivity index (χ3v) is 2.35. The maximum Gasteiger partial charge on any atom is 0.152 e. The zero-order chi connectivity index (χ0) is 9.42. The van der Waals surface area contributed by atoms with E-state index < -0.39 is 6.10 Å². The molecular weight excluding hydrogens is 188 g/mol. The lowest BCUT2D eigenvalue weighted by Gasteiger charge is -2.05. The summed E-state index contributed by atoms with van der Waals surface area (Å²) in [6.07, 6.45) is 1.07. The molecule has 0 saturated carbocycles. The lowest BCUT2D eigenvalue weighted by Crippen LogP contribution is -1.90. The van der Waals surface area contributed by atoms with Gasteiger partial charge in [-0.15, -0.1) is 0 Å². The van der Waals surface area contributed by atoms with E-state index in [1.54, 1.807) is 19.3 Å². The van der Waals surface area contributed by atoms with Gasteiger partial charge in [0, 0.05) is 5.39 Å². The van der Waals surface area contributed by atoms with Crippen LogP contribution in [0.15, 0.2) is 28.9 Å². The molecule has 0 fully saturated rings. The van der Waals surface area contributed by atoms with Gasteiger partial charge in [-0.3, -0.25) is 0 Å². The zero-order valence-electron chi connectivity index (χ0n) is 7.12. The summed E-state index contributed by atoms with van der Waals surface area (Å²) in [6.45, 7) is 1.72. The molecule has 13 heavy (non-hydrogen) atoms. The molecule has 0 saturated heterocycles. The van der Waals surface area contributed by atoms with Crippen LogP contribution >= 0.6 is 11.6 Å². The average molecular weight is 197 g/mol. The minimum atomic E-state index is -0.502. The van der Waals surface area contributed by atoms with Crippen molar-refractivity contribution in [2.45, 2.75) is 13.0 Å². The standard InChI is InChI=1S/C10H9ClO2/c1-6(12)7-2-3-9(11)10-8(7)4-5-13-10/h2-6,12H,1H3/t6-/m1/s1. The Morgan fingerprint density at radius 1 is 1.38 bits per heavy atom. The van der Waals surface area contributed by atoms with Crippen molar-refractivity contribution >= 4 is 22.6 Å². The minimum Gasteiger partial charge on any atom is -0.463 e. The van der Waals surface area contributed by atoms with E-state index in [0.29, 0.717) is 10.6 Å². The van der Waals surface area contributed by atoms with Crippen molar-refractivity contribution in [2.24, 2.45) is 0 Å². The predicted molar refractivity (Wildman–Crippen MR) is 51.9 cm³/mol. The van der Waals surface area contributed by atoms with E-state index in [-0.39, 0.29) is 0 Å². The molecule has 1 N–H and O–H groups in total. The molecule has 1 atom stereocenters. The quantitative estimate of drug-likeness (QED) is 0.760. The summed E-state index contributed by atoms with van der Waals surface area (Å²) in [6, 6.07) is 5.35. The second-order valence-electron chi connectivity index (χ2n) is 2.98. The van der Waals surface area contributed by atoms with Gasteiger partial charge in [0.15, 0.2) is 5.58 Å². The van der Waals surface area contributed by atoms with E-state index in [1.807, 2.05) is 12.1 Å². The van der Waals surface area contributed by atoms with Gasteiger partial charge in [0.25, 0.3) is 0 Å². The van der Waals surface area contributed by atoms with Crippen LogP contribution in [0.3, 0.4) is 0 Å². The van der Waals surface area contributed by atoms with E-state index in [4.69, 9.17) is 16.0 Å². The highest BCUT2D eigenvalue weighted by molar-refractivity contribution is 6.34. The topological polar surface area (TPSA) is 33.4 Å². The van der Waals surface area contributed by atoms with E-state index in [9.17, 15) is 5.11 Å². The van der Waals surface area contributed by atoms with Crippen LogP contribution in [-0.2, 0) is 0 Å². The smallest absolute Gasteiger partial charge is 0.152 e. The van der Waals surface area contributed by atoms with Gasteiger partial charge >= 0.3 is 0 Å². The molecule has 0 aliphatic heterocycles. The Morgan fingerprint density at radius 2 is 2.15 bits per heavy atom. The lowest BCUT2D eigenvalue weighted by atomic mass is 10.1. The van der Waals surface area contributed by atoms with Crippen molar-refractivity contribution in [3.05, 3.63) is 35.0 Å². The van der Waals surface area contributed by atoms with Crippen molar-refractivity contribution in [3.63, 3.8) is 0 Å². The number of hydrogen-bond acceptors (Lipinski definition) is 2. The highest BCUT2D eigenvalue weighted by Crippen LogP contribution is 2.30. The molecule has 0 spiro atoms. The largest absolute Gasteiger partial charge is 0.463 e. The normalized spacial score (nSPS) is 13.5. The molecule has 68 valence electrons. The van der Waals surface area contributed by atoms with E-state index in [1.165, 1.54) is 0 Å². The Bertz CT molecular complexity index is 431. The molecular formula is C10H9ClO2. The zero-order valence-corrected chi connectivity index (χ0v) is 7.88.